The summed E-state index contributed by atoms with van der Waals surface area (Å²) < 4.78 is 5.27. The van der Waals surface area contributed by atoms with Gasteiger partial charge >= 0.3 is 0 Å². The lowest BCUT2D eigenvalue weighted by Gasteiger charge is -2.24. The summed E-state index contributed by atoms with van der Waals surface area (Å²) in [6, 6.07) is 8.06. The zero-order chi connectivity index (χ0) is 10.1. The van der Waals surface area contributed by atoms with E-state index in [1.807, 2.05) is 24.3 Å². The number of rotatable bonds is 2. The molecule has 1 atom stereocenters. The van der Waals surface area contributed by atoms with Gasteiger partial charge in [-0.1, -0.05) is 11.2 Å². The van der Waals surface area contributed by atoms with Crippen LogP contribution in [0.3, 0.4) is 0 Å². The minimum absolute atomic E-state index is 0.343. The predicted molar refractivity (Wildman–Crippen MR) is 55.1 cm³/mol. The number of hydrogen-bond acceptors (Lipinski definition) is 4. The van der Waals surface area contributed by atoms with E-state index in [1.165, 1.54) is 0 Å². The largest absolute Gasteiger partial charge is 0.359 e. The Morgan fingerprint density at radius 1 is 1.33 bits per heavy atom. The van der Waals surface area contributed by atoms with Crippen LogP contribution in [0.25, 0.3) is 11.4 Å². The van der Waals surface area contributed by atoms with E-state index in [0.717, 1.165) is 30.1 Å². The van der Waals surface area contributed by atoms with Crippen LogP contribution in [0.15, 0.2) is 35.0 Å². The van der Waals surface area contributed by atoms with Gasteiger partial charge in [0, 0.05) is 12.3 Å². The molecule has 2 aromatic heterocycles. The highest BCUT2D eigenvalue weighted by molar-refractivity contribution is 5.53. The zero-order valence-electron chi connectivity index (χ0n) is 8.18. The maximum absolute atomic E-state index is 5.27. The highest BCUT2D eigenvalue weighted by Crippen LogP contribution is 2.26. The highest BCUT2D eigenvalue weighted by atomic mass is 16.5. The van der Waals surface area contributed by atoms with E-state index < -0.39 is 0 Å². The van der Waals surface area contributed by atoms with Crippen molar-refractivity contribution in [1.29, 1.82) is 0 Å². The monoisotopic (exact) mass is 201 g/mol. The van der Waals surface area contributed by atoms with Crippen LogP contribution in [-0.2, 0) is 0 Å². The van der Waals surface area contributed by atoms with Gasteiger partial charge in [-0.3, -0.25) is 4.98 Å². The maximum Gasteiger partial charge on any atom is 0.154 e. The van der Waals surface area contributed by atoms with Crippen molar-refractivity contribution >= 4 is 0 Å². The van der Waals surface area contributed by atoms with Gasteiger partial charge in [-0.15, -0.1) is 0 Å². The van der Waals surface area contributed by atoms with Crippen molar-refractivity contribution in [3.05, 3.63) is 36.2 Å². The van der Waals surface area contributed by atoms with Crippen LogP contribution < -0.4 is 5.32 Å². The molecule has 0 unspecified atom stereocenters. The fraction of sp³-hybridized carbons (Fsp3) is 0.273. The zero-order valence-corrected chi connectivity index (χ0v) is 8.18. The molecule has 15 heavy (non-hydrogen) atoms. The average molecular weight is 201 g/mol. The van der Waals surface area contributed by atoms with Gasteiger partial charge in [-0.2, -0.15) is 0 Å². The molecule has 1 N–H and O–H groups in total. The highest BCUT2D eigenvalue weighted by Gasteiger charge is 2.23. The van der Waals surface area contributed by atoms with Gasteiger partial charge in [-0.25, -0.2) is 0 Å². The van der Waals surface area contributed by atoms with Crippen molar-refractivity contribution in [2.24, 2.45) is 0 Å². The Morgan fingerprint density at radius 3 is 2.93 bits per heavy atom. The SMILES string of the molecule is c1ccc(-c2cc([C@@H]3CCN3)on2)nc1. The second kappa shape index (κ2) is 3.47. The van der Waals surface area contributed by atoms with E-state index in [-0.39, 0.29) is 0 Å². The van der Waals surface area contributed by atoms with Gasteiger partial charge in [0.15, 0.2) is 5.76 Å². The topological polar surface area (TPSA) is 51.0 Å². The second-order valence-corrected chi connectivity index (χ2v) is 3.62. The number of hydrogen-bond donors (Lipinski definition) is 1. The second-order valence-electron chi connectivity index (χ2n) is 3.62. The molecular weight excluding hydrogens is 190 g/mol. The fourth-order valence-corrected chi connectivity index (χ4v) is 1.62. The molecule has 1 saturated heterocycles. The average Bonchev–Trinajstić information content (AvgIpc) is 2.66. The van der Waals surface area contributed by atoms with Crippen LogP contribution in [0.4, 0.5) is 0 Å². The molecule has 3 rings (SSSR count). The predicted octanol–water partition coefficient (Wildman–Crippen LogP) is 1.77. The van der Waals surface area contributed by atoms with Gasteiger partial charge in [-0.05, 0) is 25.1 Å². The molecule has 0 spiro atoms. The summed E-state index contributed by atoms with van der Waals surface area (Å²) in [4.78, 5) is 4.22. The van der Waals surface area contributed by atoms with Crippen molar-refractivity contribution in [1.82, 2.24) is 15.5 Å². The number of nitrogens with zero attached hydrogens (tertiary/aromatic N) is 2. The Bertz CT molecular complexity index is 448. The first-order chi connectivity index (χ1) is 7.43. The van der Waals surface area contributed by atoms with Crippen LogP contribution in [0, 0.1) is 0 Å². The Kier molecular flexibility index (Phi) is 1.99. The van der Waals surface area contributed by atoms with Crippen LogP contribution in [0.2, 0.25) is 0 Å². The van der Waals surface area contributed by atoms with Crippen molar-refractivity contribution in [2.45, 2.75) is 12.5 Å². The third kappa shape index (κ3) is 1.53. The van der Waals surface area contributed by atoms with Crippen molar-refractivity contribution in [3.8, 4) is 11.4 Å². The summed E-state index contributed by atoms with van der Waals surface area (Å²) in [6.07, 6.45) is 2.88. The van der Waals surface area contributed by atoms with Crippen LogP contribution >= 0.6 is 0 Å². The molecule has 1 aliphatic rings. The lowest BCUT2D eigenvalue weighted by atomic mass is 10.0. The van der Waals surface area contributed by atoms with Crippen molar-refractivity contribution in [3.63, 3.8) is 0 Å². The Balaban J connectivity index is 1.90. The normalized spacial score (nSPS) is 19.9. The molecule has 1 aliphatic heterocycles. The molecule has 0 aliphatic carbocycles. The molecule has 1 fully saturated rings. The standard InChI is InChI=1S/C11H11N3O/c1-2-5-12-8(3-1)10-7-11(15-14-10)9-4-6-13-9/h1-3,5,7,9,13H,4,6H2/t9-/m0/s1. The summed E-state index contributed by atoms with van der Waals surface area (Å²) in [6.45, 7) is 1.06. The van der Waals surface area contributed by atoms with Gasteiger partial charge < -0.3 is 9.84 Å². The number of pyridine rings is 1. The van der Waals surface area contributed by atoms with E-state index in [9.17, 15) is 0 Å². The van der Waals surface area contributed by atoms with E-state index in [1.54, 1.807) is 6.20 Å². The molecule has 0 amide bonds. The Morgan fingerprint density at radius 2 is 2.27 bits per heavy atom. The third-order valence-corrected chi connectivity index (χ3v) is 2.62. The first-order valence-corrected chi connectivity index (χ1v) is 5.05. The Labute approximate surface area is 87.3 Å². The first-order valence-electron chi connectivity index (χ1n) is 5.05. The van der Waals surface area contributed by atoms with Gasteiger partial charge in [0.25, 0.3) is 0 Å². The minimum atomic E-state index is 0.343. The molecule has 3 heterocycles. The molecule has 4 nitrogen and oxygen atoms in total. The molecule has 76 valence electrons. The van der Waals surface area contributed by atoms with Gasteiger partial charge in [0.05, 0.1) is 11.7 Å². The number of nitrogens with one attached hydrogen (secondary N) is 1. The van der Waals surface area contributed by atoms with E-state index in [0.29, 0.717) is 6.04 Å². The van der Waals surface area contributed by atoms with Crippen LogP contribution in [0.5, 0.6) is 0 Å². The van der Waals surface area contributed by atoms with Crippen molar-refractivity contribution in [2.75, 3.05) is 6.54 Å². The first kappa shape index (κ1) is 8.61. The smallest absolute Gasteiger partial charge is 0.154 e. The van der Waals surface area contributed by atoms with E-state index in [4.69, 9.17) is 4.52 Å². The molecule has 2 aromatic rings. The summed E-state index contributed by atoms with van der Waals surface area (Å²) in [5, 5.41) is 7.28. The molecular formula is C11H11N3O. The van der Waals surface area contributed by atoms with Gasteiger partial charge in [0.2, 0.25) is 0 Å². The summed E-state index contributed by atoms with van der Waals surface area (Å²) in [5.74, 6) is 0.905. The van der Waals surface area contributed by atoms with Gasteiger partial charge in [0.1, 0.15) is 5.69 Å². The molecule has 0 aromatic carbocycles. The fourth-order valence-electron chi connectivity index (χ4n) is 1.62. The lowest BCUT2D eigenvalue weighted by Crippen LogP contribution is -2.34. The quantitative estimate of drug-likeness (QED) is 0.804. The van der Waals surface area contributed by atoms with Crippen LogP contribution in [0.1, 0.15) is 18.2 Å². The summed E-state index contributed by atoms with van der Waals surface area (Å²) in [7, 11) is 0. The third-order valence-electron chi connectivity index (χ3n) is 2.62. The van der Waals surface area contributed by atoms with E-state index >= 15 is 0 Å². The summed E-state index contributed by atoms with van der Waals surface area (Å²) in [5.41, 5.74) is 1.66. The number of aromatic nitrogens is 2. The molecule has 0 bridgehead atoms. The Hall–Kier alpha value is -1.68. The minimum Gasteiger partial charge on any atom is -0.359 e. The van der Waals surface area contributed by atoms with Crippen molar-refractivity contribution < 1.29 is 4.52 Å². The molecule has 4 heteroatoms. The van der Waals surface area contributed by atoms with E-state index in [2.05, 4.69) is 15.5 Å². The maximum atomic E-state index is 5.27. The molecule has 0 saturated carbocycles. The summed E-state index contributed by atoms with van der Waals surface area (Å²) >= 11 is 0. The lowest BCUT2D eigenvalue weighted by molar-refractivity contribution is 0.282. The van der Waals surface area contributed by atoms with Crippen LogP contribution in [-0.4, -0.2) is 16.7 Å². The molecule has 0 radical (unpaired) electrons.